The SMILES string of the molecule is N#Cc1ccc(OCC2CCCN(C(=O)N3CCN(c4cc[nH]c5cnc6nccc6c45)CC3)C2)cc1. The van der Waals surface area contributed by atoms with Crippen LogP contribution >= 0.6 is 0 Å². The topological polar surface area (TPSA) is 101 Å². The molecule has 3 aromatic heterocycles. The molecular weight excluding hydrogens is 466 g/mol. The highest BCUT2D eigenvalue weighted by Crippen LogP contribution is 2.32. The molecule has 4 aromatic rings. The molecule has 9 heteroatoms. The maximum atomic E-state index is 13.4. The molecule has 2 amide bonds. The lowest BCUT2D eigenvalue weighted by atomic mass is 9.99. The minimum Gasteiger partial charge on any atom is -0.493 e. The van der Waals surface area contributed by atoms with Crippen LogP contribution in [-0.4, -0.2) is 76.7 Å². The molecular formula is C28H29N7O2. The zero-order valence-corrected chi connectivity index (χ0v) is 20.6. The van der Waals surface area contributed by atoms with E-state index in [9.17, 15) is 4.79 Å². The van der Waals surface area contributed by atoms with Crippen molar-refractivity contribution in [2.75, 3.05) is 50.8 Å². The van der Waals surface area contributed by atoms with Gasteiger partial charge in [-0.15, -0.1) is 0 Å². The van der Waals surface area contributed by atoms with Crippen LogP contribution in [0, 0.1) is 17.2 Å². The third-order valence-corrected chi connectivity index (χ3v) is 7.42. The second kappa shape index (κ2) is 9.97. The Labute approximate surface area is 215 Å². The number of benzene rings is 1. The average Bonchev–Trinajstić information content (AvgIpc) is 3.45. The number of pyridine rings is 2. The minimum absolute atomic E-state index is 0.126. The highest BCUT2D eigenvalue weighted by molar-refractivity contribution is 6.10. The van der Waals surface area contributed by atoms with E-state index in [1.165, 1.54) is 0 Å². The summed E-state index contributed by atoms with van der Waals surface area (Å²) < 4.78 is 5.96. The zero-order valence-electron chi connectivity index (χ0n) is 20.6. The number of hydrogen-bond acceptors (Lipinski definition) is 6. The molecule has 37 heavy (non-hydrogen) atoms. The van der Waals surface area contributed by atoms with Crippen molar-refractivity contribution < 1.29 is 9.53 Å². The van der Waals surface area contributed by atoms with Crippen LogP contribution in [0.15, 0.2) is 55.0 Å². The average molecular weight is 496 g/mol. The maximum absolute atomic E-state index is 13.4. The number of ether oxygens (including phenoxy) is 1. The highest BCUT2D eigenvalue weighted by Gasteiger charge is 2.30. The van der Waals surface area contributed by atoms with Crippen LogP contribution in [0.2, 0.25) is 0 Å². The number of nitrogens with one attached hydrogen (secondary N) is 1. The van der Waals surface area contributed by atoms with Crippen LogP contribution in [0.5, 0.6) is 5.75 Å². The van der Waals surface area contributed by atoms with Crippen molar-refractivity contribution in [3.05, 3.63) is 60.6 Å². The molecule has 0 saturated carbocycles. The summed E-state index contributed by atoms with van der Waals surface area (Å²) in [6, 6.07) is 13.5. The number of amides is 2. The second-order valence-corrected chi connectivity index (χ2v) is 9.75. The standard InChI is InChI=1S/C28H29N7O2/c29-16-20-3-5-22(6-4-20)37-19-21-2-1-11-35(18-21)28(36)34-14-12-33(13-15-34)25-8-10-30-24-17-32-27-23(26(24)25)7-9-31-27/h3-10,17,21,30H,1-2,11-15,18-19H2. The Morgan fingerprint density at radius 1 is 1.05 bits per heavy atom. The molecule has 0 radical (unpaired) electrons. The molecule has 0 aliphatic carbocycles. The third-order valence-electron chi connectivity index (χ3n) is 7.42. The summed E-state index contributed by atoms with van der Waals surface area (Å²) >= 11 is 0. The lowest BCUT2D eigenvalue weighted by Gasteiger charge is -2.41. The van der Waals surface area contributed by atoms with Gasteiger partial charge in [0.05, 0.1) is 30.0 Å². The number of aromatic amines is 1. The first-order valence-electron chi connectivity index (χ1n) is 12.8. The van der Waals surface area contributed by atoms with Crippen LogP contribution in [0.1, 0.15) is 18.4 Å². The largest absolute Gasteiger partial charge is 0.493 e. The molecule has 0 bridgehead atoms. The number of hydrogen-bond donors (Lipinski definition) is 1. The summed E-state index contributed by atoms with van der Waals surface area (Å²) in [7, 11) is 0. The van der Waals surface area contributed by atoms with Crippen molar-refractivity contribution in [1.82, 2.24) is 24.8 Å². The predicted octanol–water partition coefficient (Wildman–Crippen LogP) is 4.02. The van der Waals surface area contributed by atoms with Gasteiger partial charge in [0.1, 0.15) is 5.75 Å². The van der Waals surface area contributed by atoms with Gasteiger partial charge in [-0.1, -0.05) is 0 Å². The molecule has 6 rings (SSSR count). The monoisotopic (exact) mass is 495 g/mol. The number of urea groups is 1. The van der Waals surface area contributed by atoms with Gasteiger partial charge >= 0.3 is 6.03 Å². The van der Waals surface area contributed by atoms with E-state index in [-0.39, 0.29) is 6.03 Å². The fourth-order valence-corrected chi connectivity index (χ4v) is 5.46. The maximum Gasteiger partial charge on any atom is 0.320 e. The number of nitrogens with zero attached hydrogens (tertiary/aromatic N) is 6. The van der Waals surface area contributed by atoms with Gasteiger partial charge in [-0.05, 0) is 49.2 Å². The molecule has 9 nitrogen and oxygen atoms in total. The number of fused-ring (bicyclic) bond motifs is 3. The predicted molar refractivity (Wildman–Crippen MR) is 142 cm³/mol. The summed E-state index contributed by atoms with van der Waals surface area (Å²) in [5, 5.41) is 11.1. The van der Waals surface area contributed by atoms with E-state index in [4.69, 9.17) is 10.00 Å². The number of H-pyrrole nitrogens is 1. The summed E-state index contributed by atoms with van der Waals surface area (Å²) in [4.78, 5) is 31.8. The third kappa shape index (κ3) is 4.62. The van der Waals surface area contributed by atoms with E-state index in [0.717, 1.165) is 65.8 Å². The summed E-state index contributed by atoms with van der Waals surface area (Å²) in [5.41, 5.74) is 3.51. The first-order valence-corrected chi connectivity index (χ1v) is 12.8. The number of aromatic nitrogens is 3. The number of piperidine rings is 1. The van der Waals surface area contributed by atoms with E-state index in [1.54, 1.807) is 18.3 Å². The number of nitriles is 1. The van der Waals surface area contributed by atoms with E-state index in [2.05, 4.69) is 32.0 Å². The number of piperazine rings is 1. The van der Waals surface area contributed by atoms with Gasteiger partial charge in [0.2, 0.25) is 0 Å². The van der Waals surface area contributed by atoms with Gasteiger partial charge in [0.15, 0.2) is 5.65 Å². The quantitative estimate of drug-likeness (QED) is 0.459. The molecule has 5 heterocycles. The number of rotatable bonds is 4. The molecule has 1 N–H and O–H groups in total. The Morgan fingerprint density at radius 2 is 1.89 bits per heavy atom. The van der Waals surface area contributed by atoms with Crippen molar-refractivity contribution in [2.45, 2.75) is 12.8 Å². The van der Waals surface area contributed by atoms with E-state index >= 15 is 0 Å². The summed E-state index contributed by atoms with van der Waals surface area (Å²) in [6.07, 6.45) is 7.62. The molecule has 0 spiro atoms. The van der Waals surface area contributed by atoms with Gasteiger partial charge < -0.3 is 24.4 Å². The first kappa shape index (κ1) is 23.1. The van der Waals surface area contributed by atoms with Crippen LogP contribution < -0.4 is 9.64 Å². The molecule has 1 unspecified atom stereocenters. The van der Waals surface area contributed by atoms with Gasteiger partial charge in [0.25, 0.3) is 0 Å². The van der Waals surface area contributed by atoms with Gasteiger partial charge in [-0.2, -0.15) is 5.26 Å². The van der Waals surface area contributed by atoms with E-state index < -0.39 is 0 Å². The smallest absolute Gasteiger partial charge is 0.320 e. The van der Waals surface area contributed by atoms with Crippen molar-refractivity contribution in [3.8, 4) is 11.8 Å². The van der Waals surface area contributed by atoms with Crippen molar-refractivity contribution in [2.24, 2.45) is 5.92 Å². The Kier molecular flexibility index (Phi) is 6.23. The lowest BCUT2D eigenvalue weighted by Crippen LogP contribution is -2.54. The number of carbonyl (C=O) groups is 1. The molecule has 2 saturated heterocycles. The normalized spacial score (nSPS) is 18.2. The molecule has 1 atom stereocenters. The van der Waals surface area contributed by atoms with Crippen LogP contribution in [0.25, 0.3) is 21.9 Å². The van der Waals surface area contributed by atoms with Crippen molar-refractivity contribution >= 4 is 33.7 Å². The number of likely N-dealkylation sites (tertiary alicyclic amines) is 1. The van der Waals surface area contributed by atoms with Crippen LogP contribution in [0.3, 0.4) is 0 Å². The highest BCUT2D eigenvalue weighted by atomic mass is 16.5. The number of carbonyl (C=O) groups excluding carboxylic acids is 1. The summed E-state index contributed by atoms with van der Waals surface area (Å²) in [5.74, 6) is 1.06. The lowest BCUT2D eigenvalue weighted by molar-refractivity contribution is 0.110. The zero-order chi connectivity index (χ0) is 25.2. The molecule has 2 aliphatic heterocycles. The van der Waals surface area contributed by atoms with E-state index in [1.807, 2.05) is 40.4 Å². The minimum atomic E-state index is 0.126. The Morgan fingerprint density at radius 3 is 2.70 bits per heavy atom. The first-order chi connectivity index (χ1) is 18.2. The fourth-order valence-electron chi connectivity index (χ4n) is 5.46. The molecule has 2 fully saturated rings. The fraction of sp³-hybridized carbons (Fsp3) is 0.357. The van der Waals surface area contributed by atoms with Crippen molar-refractivity contribution in [1.29, 1.82) is 5.26 Å². The Balaban J connectivity index is 1.07. The Hall–Kier alpha value is -4.32. The van der Waals surface area contributed by atoms with Crippen LogP contribution in [0.4, 0.5) is 10.5 Å². The van der Waals surface area contributed by atoms with Gasteiger partial charge in [0, 0.05) is 74.0 Å². The van der Waals surface area contributed by atoms with E-state index in [0.29, 0.717) is 37.7 Å². The molecule has 2 aliphatic rings. The molecule has 1 aromatic carbocycles. The molecule has 188 valence electrons. The second-order valence-electron chi connectivity index (χ2n) is 9.75. The van der Waals surface area contributed by atoms with Crippen molar-refractivity contribution in [3.63, 3.8) is 0 Å². The Bertz CT molecular complexity index is 1450. The summed E-state index contributed by atoms with van der Waals surface area (Å²) in [6.45, 7) is 5.01. The van der Waals surface area contributed by atoms with Gasteiger partial charge in [-0.3, -0.25) is 0 Å². The van der Waals surface area contributed by atoms with Crippen LogP contribution in [-0.2, 0) is 0 Å². The number of anilines is 1. The van der Waals surface area contributed by atoms with Gasteiger partial charge in [-0.25, -0.2) is 14.8 Å².